The first-order valence-electron chi connectivity index (χ1n) is 8.51. The molecule has 2 aliphatic heterocycles. The van der Waals surface area contributed by atoms with E-state index in [2.05, 4.69) is 10.0 Å². The van der Waals surface area contributed by atoms with Gasteiger partial charge in [-0.1, -0.05) is 6.92 Å². The Morgan fingerprint density at radius 3 is 2.19 bits per heavy atom. The molecule has 0 spiro atoms. The molecule has 11 heteroatoms. The van der Waals surface area contributed by atoms with E-state index in [9.17, 15) is 26.4 Å². The maximum absolute atomic E-state index is 12.3. The number of likely N-dealkylation sites (tertiary alicyclic amines) is 1. The van der Waals surface area contributed by atoms with Crippen molar-refractivity contribution in [2.24, 2.45) is 11.8 Å². The standard InChI is InChI=1S/C16H21N3O6S2/c1-2-17-27(24,25)14-5-3-13(4-6-14)18-15(20)16(21)19-7-11-9-26(22,23)10-12(11)8-19/h3-6,11-12,17H,2,7-10H2,1H3,(H,18,20)/t11-,12+. The highest BCUT2D eigenvalue weighted by Crippen LogP contribution is 2.32. The Labute approximate surface area is 158 Å². The molecule has 0 saturated carbocycles. The van der Waals surface area contributed by atoms with Gasteiger partial charge in [-0.15, -0.1) is 0 Å². The second-order valence-corrected chi connectivity index (χ2v) is 10.7. The summed E-state index contributed by atoms with van der Waals surface area (Å²) in [5, 5.41) is 2.45. The van der Waals surface area contributed by atoms with E-state index < -0.39 is 31.7 Å². The number of hydrogen-bond acceptors (Lipinski definition) is 6. The summed E-state index contributed by atoms with van der Waals surface area (Å²) in [7, 11) is -6.63. The van der Waals surface area contributed by atoms with Gasteiger partial charge < -0.3 is 10.2 Å². The van der Waals surface area contributed by atoms with Crippen LogP contribution in [0.25, 0.3) is 0 Å². The molecular weight excluding hydrogens is 394 g/mol. The highest BCUT2D eigenvalue weighted by Gasteiger charge is 2.45. The molecule has 0 aliphatic carbocycles. The molecular formula is C16H21N3O6S2. The van der Waals surface area contributed by atoms with Gasteiger partial charge in [0.2, 0.25) is 10.0 Å². The number of sulfonamides is 1. The lowest BCUT2D eigenvalue weighted by atomic mass is 10.0. The zero-order chi connectivity index (χ0) is 19.8. The van der Waals surface area contributed by atoms with Crippen molar-refractivity contribution < 1.29 is 26.4 Å². The molecule has 2 saturated heterocycles. The SMILES string of the molecule is CCNS(=O)(=O)c1ccc(NC(=O)C(=O)N2C[C@@H]3CS(=O)(=O)C[C@@H]3C2)cc1. The maximum Gasteiger partial charge on any atom is 0.313 e. The quantitative estimate of drug-likeness (QED) is 0.633. The fraction of sp³-hybridized carbons (Fsp3) is 0.500. The number of carbonyl (C=O) groups is 2. The maximum atomic E-state index is 12.3. The van der Waals surface area contributed by atoms with Crippen LogP contribution in [0.1, 0.15) is 6.92 Å². The number of sulfone groups is 1. The van der Waals surface area contributed by atoms with Gasteiger partial charge in [0.05, 0.1) is 16.4 Å². The van der Waals surface area contributed by atoms with Crippen LogP contribution in [0, 0.1) is 11.8 Å². The molecule has 0 aromatic heterocycles. The van der Waals surface area contributed by atoms with Crippen molar-refractivity contribution in [2.75, 3.05) is 36.5 Å². The largest absolute Gasteiger partial charge is 0.334 e. The summed E-state index contributed by atoms with van der Waals surface area (Å²) in [6.45, 7) is 2.44. The van der Waals surface area contributed by atoms with Crippen molar-refractivity contribution in [3.63, 3.8) is 0 Å². The Kier molecular flexibility index (Phi) is 5.28. The summed E-state index contributed by atoms with van der Waals surface area (Å²) in [6.07, 6.45) is 0. The normalized spacial score (nSPS) is 23.8. The van der Waals surface area contributed by atoms with E-state index in [1.807, 2.05) is 0 Å². The van der Waals surface area contributed by atoms with Crippen LogP contribution in [0.3, 0.4) is 0 Å². The van der Waals surface area contributed by atoms with Gasteiger partial charge in [-0.2, -0.15) is 0 Å². The van der Waals surface area contributed by atoms with Crippen molar-refractivity contribution >= 4 is 37.4 Å². The van der Waals surface area contributed by atoms with E-state index in [1.54, 1.807) is 6.92 Å². The van der Waals surface area contributed by atoms with Crippen LogP contribution in [-0.4, -0.2) is 64.7 Å². The molecule has 1 aromatic rings. The highest BCUT2D eigenvalue weighted by molar-refractivity contribution is 7.91. The van der Waals surface area contributed by atoms with Gasteiger partial charge in [0.25, 0.3) is 0 Å². The lowest BCUT2D eigenvalue weighted by molar-refractivity contribution is -0.142. The van der Waals surface area contributed by atoms with Crippen LogP contribution in [0.5, 0.6) is 0 Å². The number of benzene rings is 1. The van der Waals surface area contributed by atoms with Crippen molar-refractivity contribution in [1.29, 1.82) is 0 Å². The van der Waals surface area contributed by atoms with E-state index in [0.29, 0.717) is 5.69 Å². The van der Waals surface area contributed by atoms with Gasteiger partial charge in [-0.3, -0.25) is 9.59 Å². The summed E-state index contributed by atoms with van der Waals surface area (Å²) in [6, 6.07) is 5.48. The third-order valence-corrected chi connectivity index (χ3v) is 8.18. The number of rotatable bonds is 4. The molecule has 0 unspecified atom stereocenters. The molecule has 9 nitrogen and oxygen atoms in total. The number of nitrogens with zero attached hydrogens (tertiary/aromatic N) is 1. The Hall–Kier alpha value is -1.98. The van der Waals surface area contributed by atoms with E-state index >= 15 is 0 Å². The summed E-state index contributed by atoms with van der Waals surface area (Å²) in [5.41, 5.74) is 0.297. The average molecular weight is 415 g/mol. The van der Waals surface area contributed by atoms with Crippen LogP contribution < -0.4 is 10.0 Å². The van der Waals surface area contributed by atoms with Crippen molar-refractivity contribution in [2.45, 2.75) is 11.8 Å². The monoisotopic (exact) mass is 415 g/mol. The number of carbonyl (C=O) groups excluding carboxylic acids is 2. The molecule has 2 aliphatic rings. The highest BCUT2D eigenvalue weighted by atomic mass is 32.2. The van der Waals surface area contributed by atoms with Crippen LogP contribution in [-0.2, 0) is 29.4 Å². The number of nitrogens with one attached hydrogen (secondary N) is 2. The molecule has 2 heterocycles. The van der Waals surface area contributed by atoms with Crippen LogP contribution >= 0.6 is 0 Å². The molecule has 1 aromatic carbocycles. The third kappa shape index (κ3) is 4.30. The van der Waals surface area contributed by atoms with E-state index in [-0.39, 0.29) is 47.9 Å². The van der Waals surface area contributed by atoms with Crippen LogP contribution in [0.2, 0.25) is 0 Å². The topological polar surface area (TPSA) is 130 Å². The Bertz CT molecular complexity index is 936. The molecule has 0 radical (unpaired) electrons. The van der Waals surface area contributed by atoms with Gasteiger partial charge in [0, 0.05) is 25.3 Å². The molecule has 2 N–H and O–H groups in total. The minimum atomic E-state index is -3.59. The molecule has 2 atom stereocenters. The first kappa shape index (κ1) is 19.8. The second kappa shape index (κ2) is 7.21. The Morgan fingerprint density at radius 1 is 1.11 bits per heavy atom. The Morgan fingerprint density at radius 2 is 1.67 bits per heavy atom. The summed E-state index contributed by atoms with van der Waals surface area (Å²) in [5.74, 6) is -1.65. The third-order valence-electron chi connectivity index (χ3n) is 4.75. The van der Waals surface area contributed by atoms with Crippen LogP contribution in [0.15, 0.2) is 29.2 Å². The van der Waals surface area contributed by atoms with Gasteiger partial charge in [0.15, 0.2) is 9.84 Å². The number of fused-ring (bicyclic) bond motifs is 1. The predicted molar refractivity (Wildman–Crippen MR) is 98.1 cm³/mol. The lowest BCUT2D eigenvalue weighted by Crippen LogP contribution is -2.39. The van der Waals surface area contributed by atoms with Gasteiger partial charge in [0.1, 0.15) is 0 Å². The summed E-state index contributed by atoms with van der Waals surface area (Å²) in [4.78, 5) is 25.9. The molecule has 27 heavy (non-hydrogen) atoms. The average Bonchev–Trinajstić information content (AvgIpc) is 3.08. The lowest BCUT2D eigenvalue weighted by Gasteiger charge is -2.16. The van der Waals surface area contributed by atoms with E-state index in [4.69, 9.17) is 0 Å². The fourth-order valence-electron chi connectivity index (χ4n) is 3.52. The van der Waals surface area contributed by atoms with Crippen LogP contribution in [0.4, 0.5) is 5.69 Å². The minimum absolute atomic E-state index is 0.0576. The molecule has 2 amide bonds. The number of hydrogen-bond donors (Lipinski definition) is 2. The molecule has 3 rings (SSSR count). The first-order valence-corrected chi connectivity index (χ1v) is 11.8. The summed E-state index contributed by atoms with van der Waals surface area (Å²) < 4.78 is 49.3. The number of anilines is 1. The zero-order valence-electron chi connectivity index (χ0n) is 14.7. The molecule has 148 valence electrons. The van der Waals surface area contributed by atoms with Crippen molar-refractivity contribution in [3.05, 3.63) is 24.3 Å². The van der Waals surface area contributed by atoms with Crippen molar-refractivity contribution in [1.82, 2.24) is 9.62 Å². The second-order valence-electron chi connectivity index (χ2n) is 6.79. The number of amides is 2. The van der Waals surface area contributed by atoms with Gasteiger partial charge in [-0.25, -0.2) is 21.6 Å². The van der Waals surface area contributed by atoms with Crippen molar-refractivity contribution in [3.8, 4) is 0 Å². The smallest absolute Gasteiger partial charge is 0.313 e. The fourth-order valence-corrected chi connectivity index (χ4v) is 6.76. The minimum Gasteiger partial charge on any atom is -0.334 e. The summed E-state index contributed by atoms with van der Waals surface area (Å²) >= 11 is 0. The van der Waals surface area contributed by atoms with E-state index in [1.165, 1.54) is 29.2 Å². The van der Waals surface area contributed by atoms with Gasteiger partial charge >= 0.3 is 11.8 Å². The zero-order valence-corrected chi connectivity index (χ0v) is 16.3. The predicted octanol–water partition coefficient (Wildman–Crippen LogP) is -0.574. The van der Waals surface area contributed by atoms with Gasteiger partial charge in [-0.05, 0) is 36.1 Å². The molecule has 0 bridgehead atoms. The Balaban J connectivity index is 1.60. The first-order chi connectivity index (χ1) is 12.6. The molecule has 2 fully saturated rings. The van der Waals surface area contributed by atoms with E-state index in [0.717, 1.165) is 0 Å².